The van der Waals surface area contributed by atoms with Gasteiger partial charge in [-0.3, -0.25) is 4.90 Å². The van der Waals surface area contributed by atoms with Gasteiger partial charge >= 0.3 is 0 Å². The van der Waals surface area contributed by atoms with Crippen LogP contribution in [0.25, 0.3) is 0 Å². The van der Waals surface area contributed by atoms with Crippen LogP contribution in [-0.2, 0) is 12.0 Å². The second kappa shape index (κ2) is 6.41. The molecule has 1 aromatic carbocycles. The van der Waals surface area contributed by atoms with Gasteiger partial charge in [0.1, 0.15) is 5.54 Å². The maximum atomic E-state index is 5.97. The highest BCUT2D eigenvalue weighted by Gasteiger charge is 2.39. The van der Waals surface area contributed by atoms with Crippen LogP contribution in [0.2, 0.25) is 0 Å². The van der Waals surface area contributed by atoms with Gasteiger partial charge in [0, 0.05) is 18.4 Å². The highest BCUT2D eigenvalue weighted by Crippen LogP contribution is 2.38. The van der Waals surface area contributed by atoms with Crippen molar-refractivity contribution in [2.75, 3.05) is 18.4 Å². The lowest BCUT2D eigenvalue weighted by Crippen LogP contribution is -2.50. The standard InChI is InChI=1S/C17H20BrN/c1-3-5-11-17(4-2)16-9-7-6-8-15(16)10-13-19(17)14-12-18/h2-3,6-9H,1,5,10-14H2. The summed E-state index contributed by atoms with van der Waals surface area (Å²) in [7, 11) is 0. The normalized spacial score (nSPS) is 22.5. The molecule has 2 rings (SSSR count). The van der Waals surface area contributed by atoms with Crippen LogP contribution in [0.5, 0.6) is 0 Å². The Morgan fingerprint density at radius 2 is 2.26 bits per heavy atom. The zero-order valence-corrected chi connectivity index (χ0v) is 12.8. The zero-order valence-electron chi connectivity index (χ0n) is 11.2. The number of hydrogen-bond donors (Lipinski definition) is 0. The van der Waals surface area contributed by atoms with Gasteiger partial charge in [-0.15, -0.1) is 13.0 Å². The minimum Gasteiger partial charge on any atom is -0.282 e. The number of benzene rings is 1. The molecule has 19 heavy (non-hydrogen) atoms. The lowest BCUT2D eigenvalue weighted by Gasteiger charge is -2.45. The second-order valence-corrected chi connectivity index (χ2v) is 5.71. The van der Waals surface area contributed by atoms with Crippen molar-refractivity contribution in [3.8, 4) is 12.3 Å². The molecule has 0 fully saturated rings. The molecule has 0 amide bonds. The maximum Gasteiger partial charge on any atom is 0.108 e. The van der Waals surface area contributed by atoms with Crippen molar-refractivity contribution in [1.29, 1.82) is 0 Å². The average molecular weight is 318 g/mol. The van der Waals surface area contributed by atoms with Crippen LogP contribution in [0.3, 0.4) is 0 Å². The predicted octanol–water partition coefficient (Wildman–Crippen LogP) is 3.73. The van der Waals surface area contributed by atoms with Crippen molar-refractivity contribution in [3.05, 3.63) is 48.0 Å². The second-order valence-electron chi connectivity index (χ2n) is 4.92. The highest BCUT2D eigenvalue weighted by molar-refractivity contribution is 9.09. The van der Waals surface area contributed by atoms with Crippen LogP contribution in [-0.4, -0.2) is 23.3 Å². The van der Waals surface area contributed by atoms with Crippen LogP contribution >= 0.6 is 15.9 Å². The average Bonchev–Trinajstić information content (AvgIpc) is 2.46. The van der Waals surface area contributed by atoms with E-state index in [1.54, 1.807) is 0 Å². The Kier molecular flexibility index (Phi) is 4.85. The number of fused-ring (bicyclic) bond motifs is 1. The van der Waals surface area contributed by atoms with E-state index in [4.69, 9.17) is 6.42 Å². The summed E-state index contributed by atoms with van der Waals surface area (Å²) < 4.78 is 0. The third-order valence-electron chi connectivity index (χ3n) is 3.96. The van der Waals surface area contributed by atoms with Gasteiger partial charge in [-0.05, 0) is 30.4 Å². The Labute approximate surface area is 124 Å². The van der Waals surface area contributed by atoms with E-state index in [1.165, 1.54) is 11.1 Å². The van der Waals surface area contributed by atoms with E-state index in [0.29, 0.717) is 0 Å². The van der Waals surface area contributed by atoms with E-state index in [9.17, 15) is 0 Å². The summed E-state index contributed by atoms with van der Waals surface area (Å²) in [6, 6.07) is 8.60. The van der Waals surface area contributed by atoms with E-state index in [2.05, 4.69) is 57.6 Å². The predicted molar refractivity (Wildman–Crippen MR) is 85.5 cm³/mol. The molecular weight excluding hydrogens is 298 g/mol. The molecule has 0 saturated carbocycles. The van der Waals surface area contributed by atoms with Crippen molar-refractivity contribution in [2.45, 2.75) is 24.8 Å². The minimum atomic E-state index is -0.267. The summed E-state index contributed by atoms with van der Waals surface area (Å²) in [5, 5.41) is 0.951. The summed E-state index contributed by atoms with van der Waals surface area (Å²) in [5.41, 5.74) is 2.44. The first-order valence-electron chi connectivity index (χ1n) is 6.76. The van der Waals surface area contributed by atoms with Crippen LogP contribution in [0.1, 0.15) is 24.0 Å². The summed E-state index contributed by atoms with van der Waals surface area (Å²) in [6.45, 7) is 5.85. The lowest BCUT2D eigenvalue weighted by atomic mass is 9.78. The van der Waals surface area contributed by atoms with Crippen molar-refractivity contribution >= 4 is 15.9 Å². The molecule has 1 nitrogen and oxygen atoms in total. The monoisotopic (exact) mass is 317 g/mol. The molecule has 0 N–H and O–H groups in total. The number of nitrogens with zero attached hydrogens (tertiary/aromatic N) is 1. The zero-order chi connectivity index (χ0) is 13.7. The molecule has 0 aromatic heterocycles. The number of terminal acetylenes is 1. The van der Waals surface area contributed by atoms with Crippen LogP contribution in [0, 0.1) is 12.3 Å². The Hall–Kier alpha value is -1.04. The molecule has 0 saturated heterocycles. The largest absolute Gasteiger partial charge is 0.282 e. The minimum absolute atomic E-state index is 0.267. The molecule has 0 aliphatic carbocycles. The molecular formula is C17H20BrN. The number of alkyl halides is 1. The van der Waals surface area contributed by atoms with E-state index in [0.717, 1.165) is 37.7 Å². The smallest absolute Gasteiger partial charge is 0.108 e. The molecule has 2 heteroatoms. The molecule has 0 radical (unpaired) electrons. The first kappa shape index (κ1) is 14.4. The molecule has 0 spiro atoms. The number of halogens is 1. The first-order valence-corrected chi connectivity index (χ1v) is 7.88. The van der Waals surface area contributed by atoms with Gasteiger partial charge in [0.25, 0.3) is 0 Å². The Morgan fingerprint density at radius 3 is 2.95 bits per heavy atom. The van der Waals surface area contributed by atoms with Crippen LogP contribution in [0.15, 0.2) is 36.9 Å². The Morgan fingerprint density at radius 1 is 1.47 bits per heavy atom. The number of allylic oxidation sites excluding steroid dienone is 1. The number of hydrogen-bond acceptors (Lipinski definition) is 1. The third-order valence-corrected chi connectivity index (χ3v) is 4.31. The van der Waals surface area contributed by atoms with Crippen LogP contribution < -0.4 is 0 Å². The molecule has 1 atom stereocenters. The summed E-state index contributed by atoms with van der Waals surface area (Å²) >= 11 is 3.54. The summed E-state index contributed by atoms with van der Waals surface area (Å²) in [6.07, 6.45) is 10.9. The van der Waals surface area contributed by atoms with E-state index in [1.807, 2.05) is 6.08 Å². The summed E-state index contributed by atoms with van der Waals surface area (Å²) in [5.74, 6) is 3.10. The fourth-order valence-corrected chi connectivity index (χ4v) is 3.44. The molecule has 0 bridgehead atoms. The van der Waals surface area contributed by atoms with Gasteiger partial charge in [0.15, 0.2) is 0 Å². The summed E-state index contributed by atoms with van der Waals surface area (Å²) in [4.78, 5) is 2.44. The van der Waals surface area contributed by atoms with Gasteiger partial charge in [-0.1, -0.05) is 52.2 Å². The first-order chi connectivity index (χ1) is 9.28. The molecule has 100 valence electrons. The Balaban J connectivity index is 2.47. The van der Waals surface area contributed by atoms with E-state index >= 15 is 0 Å². The van der Waals surface area contributed by atoms with E-state index in [-0.39, 0.29) is 5.54 Å². The van der Waals surface area contributed by atoms with Crippen molar-refractivity contribution in [3.63, 3.8) is 0 Å². The SMILES string of the molecule is C#CC1(CCC=C)c2ccccc2CCN1CCBr. The quantitative estimate of drug-likeness (QED) is 0.454. The molecule has 1 aliphatic rings. The lowest BCUT2D eigenvalue weighted by molar-refractivity contribution is 0.127. The topological polar surface area (TPSA) is 3.24 Å². The Bertz CT molecular complexity index is 488. The highest BCUT2D eigenvalue weighted by atomic mass is 79.9. The third kappa shape index (κ3) is 2.63. The van der Waals surface area contributed by atoms with Crippen molar-refractivity contribution in [1.82, 2.24) is 4.90 Å². The van der Waals surface area contributed by atoms with Crippen LogP contribution in [0.4, 0.5) is 0 Å². The van der Waals surface area contributed by atoms with Crippen molar-refractivity contribution < 1.29 is 0 Å². The van der Waals surface area contributed by atoms with Gasteiger partial charge in [-0.2, -0.15) is 0 Å². The van der Waals surface area contributed by atoms with Gasteiger partial charge in [0.2, 0.25) is 0 Å². The number of rotatable bonds is 5. The van der Waals surface area contributed by atoms with Gasteiger partial charge in [-0.25, -0.2) is 0 Å². The molecule has 1 aromatic rings. The fourth-order valence-electron chi connectivity index (χ4n) is 3.01. The van der Waals surface area contributed by atoms with Gasteiger partial charge < -0.3 is 0 Å². The van der Waals surface area contributed by atoms with Gasteiger partial charge in [0.05, 0.1) is 0 Å². The molecule has 1 aliphatic heterocycles. The maximum absolute atomic E-state index is 5.97. The van der Waals surface area contributed by atoms with Crippen molar-refractivity contribution in [2.24, 2.45) is 0 Å². The van der Waals surface area contributed by atoms with E-state index < -0.39 is 0 Å². The molecule has 1 heterocycles. The molecule has 1 unspecified atom stereocenters. The fraction of sp³-hybridized carbons (Fsp3) is 0.412.